The summed E-state index contributed by atoms with van der Waals surface area (Å²) in [4.78, 5) is 41.3. The molecule has 0 unspecified atom stereocenters. The second-order valence-corrected chi connectivity index (χ2v) is 9.62. The van der Waals surface area contributed by atoms with Crippen LogP contribution >= 0.6 is 23.2 Å². The van der Waals surface area contributed by atoms with Gasteiger partial charge in [-0.2, -0.15) is 4.79 Å². The predicted molar refractivity (Wildman–Crippen MR) is 117 cm³/mol. The van der Waals surface area contributed by atoms with Gasteiger partial charge >= 0.3 is 12.5 Å². The molecule has 1 aliphatic heterocycles. The third-order valence-corrected chi connectivity index (χ3v) is 5.63. The Labute approximate surface area is 195 Å². The minimum Gasteiger partial charge on any atom is -0.414 e. The Balaban J connectivity index is 1.88. The number of carbonyl (C=O) groups is 2. The molecule has 2 aromatic rings. The highest BCUT2D eigenvalue weighted by molar-refractivity contribution is 6.36. The van der Waals surface area contributed by atoms with E-state index in [9.17, 15) is 18.8 Å². The summed E-state index contributed by atoms with van der Waals surface area (Å²) in [5.74, 6) is -1.13. The molecule has 0 saturated carbocycles. The molecule has 0 bridgehead atoms. The smallest absolute Gasteiger partial charge is 0.414 e. The van der Waals surface area contributed by atoms with Crippen molar-refractivity contribution in [2.45, 2.75) is 31.8 Å². The molecule has 1 aliphatic rings. The fourth-order valence-electron chi connectivity index (χ4n) is 3.71. The van der Waals surface area contributed by atoms with Crippen molar-refractivity contribution >= 4 is 41.6 Å². The van der Waals surface area contributed by atoms with Gasteiger partial charge in [0, 0.05) is 17.8 Å². The molecular formula is C22H22Cl2FN3O4+. The number of pyridine rings is 1. The lowest BCUT2D eigenvalue weighted by Gasteiger charge is -2.49. The van der Waals surface area contributed by atoms with E-state index >= 15 is 0 Å². The van der Waals surface area contributed by atoms with Crippen molar-refractivity contribution in [3.63, 3.8) is 0 Å². The molecule has 1 radical (unpaired) electrons. The van der Waals surface area contributed by atoms with E-state index < -0.39 is 33.3 Å². The van der Waals surface area contributed by atoms with Crippen molar-refractivity contribution in [3.8, 4) is 0 Å². The molecule has 1 aromatic heterocycles. The summed E-state index contributed by atoms with van der Waals surface area (Å²) < 4.78 is 19.2. The third kappa shape index (κ3) is 4.77. The van der Waals surface area contributed by atoms with Crippen LogP contribution in [0.4, 0.5) is 9.18 Å². The van der Waals surface area contributed by atoms with Crippen LogP contribution in [-0.2, 0) is 14.9 Å². The summed E-state index contributed by atoms with van der Waals surface area (Å²) in [5.41, 5.74) is -1.74. The topological polar surface area (TPSA) is 85.4 Å². The second kappa shape index (κ2) is 8.77. The number of nitrogens with one attached hydrogen (secondary N) is 1. The number of nitrogens with zero attached hydrogens (tertiary/aromatic N) is 2. The van der Waals surface area contributed by atoms with Gasteiger partial charge in [-0.15, -0.1) is 4.48 Å². The molecule has 1 fully saturated rings. The maximum atomic E-state index is 14.7. The normalized spacial score (nSPS) is 22.6. The summed E-state index contributed by atoms with van der Waals surface area (Å²) in [6, 6.07) is 7.08. The van der Waals surface area contributed by atoms with E-state index in [-0.39, 0.29) is 35.9 Å². The van der Waals surface area contributed by atoms with Crippen molar-refractivity contribution in [1.29, 1.82) is 0 Å². The first kappa shape index (κ1) is 24.1. The number of benzene rings is 1. The van der Waals surface area contributed by atoms with Crippen molar-refractivity contribution < 1.29 is 28.0 Å². The first-order chi connectivity index (χ1) is 14.9. The van der Waals surface area contributed by atoms with Crippen LogP contribution in [0.5, 0.6) is 0 Å². The molecule has 1 saturated heterocycles. The Hall–Kier alpha value is -2.55. The van der Waals surface area contributed by atoms with E-state index in [1.165, 1.54) is 36.5 Å². The van der Waals surface area contributed by atoms with E-state index in [4.69, 9.17) is 27.9 Å². The highest BCUT2D eigenvalue weighted by Crippen LogP contribution is 2.40. The van der Waals surface area contributed by atoms with Crippen LogP contribution in [0.3, 0.4) is 0 Å². The van der Waals surface area contributed by atoms with Crippen LogP contribution in [0.1, 0.15) is 36.8 Å². The average Bonchev–Trinajstić information content (AvgIpc) is 2.67. The zero-order valence-corrected chi connectivity index (χ0v) is 19.3. The third-order valence-electron chi connectivity index (χ3n) is 5.09. The van der Waals surface area contributed by atoms with Crippen molar-refractivity contribution in [1.82, 2.24) is 10.3 Å². The minimum atomic E-state index is -1.13. The molecule has 2 heterocycles. The van der Waals surface area contributed by atoms with Crippen LogP contribution in [0, 0.1) is 5.82 Å². The Kier molecular flexibility index (Phi) is 6.60. The summed E-state index contributed by atoms with van der Waals surface area (Å²) >= 11 is 12.0. The number of amides is 3. The first-order valence-corrected chi connectivity index (χ1v) is 10.5. The van der Waals surface area contributed by atoms with Gasteiger partial charge in [-0.05, 0) is 51.1 Å². The maximum absolute atomic E-state index is 14.7. The number of rotatable bonds is 5. The molecule has 1 N–H and O–H groups in total. The molecule has 7 nitrogen and oxygen atoms in total. The van der Waals surface area contributed by atoms with Gasteiger partial charge in [-0.3, -0.25) is 9.78 Å². The maximum Gasteiger partial charge on any atom is 0.524 e. The standard InChI is InChI=1S/C22H22Cl2FN3O4/c1-21(2,3)32-20(31)28(13-29)11-22(12-28,18-17(25)5-4-8-26-18)10-27-19(30)15-7-6-14(23)9-16(15)24/h4-9H,10-12H2,1-3H3,(H,27,30)/q+1. The fourth-order valence-corrected chi connectivity index (χ4v) is 4.20. The summed E-state index contributed by atoms with van der Waals surface area (Å²) in [5, 5.41) is 3.24. The Morgan fingerprint density at radius 3 is 2.53 bits per heavy atom. The van der Waals surface area contributed by atoms with Crippen LogP contribution in [0.15, 0.2) is 36.5 Å². The van der Waals surface area contributed by atoms with Gasteiger partial charge in [0.2, 0.25) is 0 Å². The number of carbonyl (C=O) groups excluding carboxylic acids is 3. The lowest BCUT2D eigenvalue weighted by atomic mass is 9.74. The van der Waals surface area contributed by atoms with E-state index in [1.54, 1.807) is 27.2 Å². The summed E-state index contributed by atoms with van der Waals surface area (Å²) in [6.45, 7) is 4.58. The van der Waals surface area contributed by atoms with E-state index in [1.807, 2.05) is 0 Å². The van der Waals surface area contributed by atoms with Crippen molar-refractivity contribution in [3.05, 3.63) is 63.6 Å². The number of ether oxygens (including phenoxy) is 1. The number of imide groups is 1. The predicted octanol–water partition coefficient (Wildman–Crippen LogP) is 4.03. The molecule has 169 valence electrons. The molecule has 3 amide bonds. The number of hydrogen-bond donors (Lipinski definition) is 1. The molecule has 32 heavy (non-hydrogen) atoms. The number of quaternary nitrogens is 1. The van der Waals surface area contributed by atoms with Crippen LogP contribution in [0.25, 0.3) is 0 Å². The number of likely N-dealkylation sites (tertiary alicyclic amines) is 1. The van der Waals surface area contributed by atoms with Gasteiger partial charge in [-0.1, -0.05) is 23.2 Å². The quantitative estimate of drug-likeness (QED) is 0.651. The highest BCUT2D eigenvalue weighted by Gasteiger charge is 2.65. The lowest BCUT2D eigenvalue weighted by Crippen LogP contribution is -2.76. The highest BCUT2D eigenvalue weighted by atomic mass is 35.5. The monoisotopic (exact) mass is 481 g/mol. The molecule has 10 heteroatoms. The Morgan fingerprint density at radius 1 is 1.28 bits per heavy atom. The molecule has 1 aromatic carbocycles. The van der Waals surface area contributed by atoms with Crippen molar-refractivity contribution in [2.75, 3.05) is 19.6 Å². The molecule has 0 aliphatic carbocycles. The number of hydrogen-bond acceptors (Lipinski definition) is 5. The second-order valence-electron chi connectivity index (χ2n) is 8.78. The van der Waals surface area contributed by atoms with Gasteiger partial charge in [0.1, 0.15) is 29.9 Å². The molecule has 3 rings (SSSR count). The Morgan fingerprint density at radius 2 is 1.97 bits per heavy atom. The van der Waals surface area contributed by atoms with Gasteiger partial charge in [0.15, 0.2) is 0 Å². The van der Waals surface area contributed by atoms with E-state index in [0.717, 1.165) is 0 Å². The van der Waals surface area contributed by atoms with Gasteiger partial charge in [0.05, 0.1) is 16.3 Å². The molecule has 0 atom stereocenters. The summed E-state index contributed by atoms with van der Waals surface area (Å²) in [6.07, 6.45) is 2.34. The number of halogens is 3. The summed E-state index contributed by atoms with van der Waals surface area (Å²) in [7, 11) is 0. The SMILES string of the molecule is CC(C)(C)OC(=O)[N+]1([C]=O)CC(CNC(=O)c2ccc(Cl)cc2Cl)(c2ncccc2F)C1. The van der Waals surface area contributed by atoms with Gasteiger partial charge in [-0.25, -0.2) is 9.18 Å². The van der Waals surface area contributed by atoms with E-state index in [0.29, 0.717) is 5.02 Å². The van der Waals surface area contributed by atoms with Crippen LogP contribution in [-0.4, -0.2) is 53.1 Å². The largest absolute Gasteiger partial charge is 0.524 e. The van der Waals surface area contributed by atoms with E-state index in [2.05, 4.69) is 10.3 Å². The number of aromatic nitrogens is 1. The zero-order valence-electron chi connectivity index (χ0n) is 17.7. The van der Waals surface area contributed by atoms with Crippen LogP contribution < -0.4 is 5.32 Å². The first-order valence-electron chi connectivity index (χ1n) is 9.76. The average molecular weight is 482 g/mol. The van der Waals surface area contributed by atoms with Crippen molar-refractivity contribution in [2.24, 2.45) is 0 Å². The zero-order chi connectivity index (χ0) is 23.7. The molecular weight excluding hydrogens is 460 g/mol. The van der Waals surface area contributed by atoms with Gasteiger partial charge < -0.3 is 10.1 Å². The lowest BCUT2D eigenvalue weighted by molar-refractivity contribution is -0.826. The Bertz CT molecular complexity index is 1070. The minimum absolute atomic E-state index is 0.0371. The fraction of sp³-hybridized carbons (Fsp3) is 0.364. The van der Waals surface area contributed by atoms with Crippen LogP contribution in [0.2, 0.25) is 10.0 Å². The molecule has 0 spiro atoms. The van der Waals surface area contributed by atoms with Gasteiger partial charge in [0.25, 0.3) is 5.91 Å².